The van der Waals surface area contributed by atoms with E-state index < -0.39 is 53.5 Å². The van der Waals surface area contributed by atoms with Crippen LogP contribution in [0, 0.1) is 11.6 Å². The summed E-state index contributed by atoms with van der Waals surface area (Å²) in [6.07, 6.45) is -3.66. The summed E-state index contributed by atoms with van der Waals surface area (Å²) in [4.78, 5) is 27.3. The van der Waals surface area contributed by atoms with Gasteiger partial charge in [0.2, 0.25) is 5.60 Å². The zero-order chi connectivity index (χ0) is 28.7. The highest BCUT2D eigenvalue weighted by Gasteiger charge is 2.61. The Kier molecular flexibility index (Phi) is 5.62. The molecular formula is C26H17ClF5N5O3. The number of fused-ring (bicyclic) bond motifs is 4. The molecule has 0 bridgehead atoms. The van der Waals surface area contributed by atoms with Crippen molar-refractivity contribution in [3.05, 3.63) is 87.6 Å². The van der Waals surface area contributed by atoms with Crippen molar-refractivity contribution in [1.29, 1.82) is 0 Å². The fraction of sp³-hybridized carbons (Fsp3) is 0.192. The van der Waals surface area contributed by atoms with Gasteiger partial charge in [0.15, 0.2) is 0 Å². The van der Waals surface area contributed by atoms with Crippen molar-refractivity contribution in [2.45, 2.75) is 17.8 Å². The van der Waals surface area contributed by atoms with E-state index in [4.69, 9.17) is 11.6 Å². The number of benzene rings is 3. The average Bonchev–Trinajstić information content (AvgIpc) is 3.51. The number of hydrogen-bond donors (Lipinski definition) is 3. The van der Waals surface area contributed by atoms with E-state index in [2.05, 4.69) is 15.7 Å². The Bertz CT molecular complexity index is 1760. The second-order valence-electron chi connectivity index (χ2n) is 9.56. The lowest BCUT2D eigenvalue weighted by Gasteiger charge is -2.27. The van der Waals surface area contributed by atoms with Gasteiger partial charge in [0.25, 0.3) is 5.91 Å². The van der Waals surface area contributed by atoms with Crippen LogP contribution >= 0.6 is 11.6 Å². The van der Waals surface area contributed by atoms with E-state index in [1.54, 1.807) is 13.2 Å². The number of aliphatic hydroxyl groups is 1. The average molecular weight is 578 g/mol. The Balaban J connectivity index is 1.48. The molecule has 3 aromatic carbocycles. The molecule has 0 spiro atoms. The molecule has 0 fully saturated rings. The molecule has 1 aromatic heterocycles. The van der Waals surface area contributed by atoms with Crippen LogP contribution in [0.15, 0.2) is 48.7 Å². The molecule has 206 valence electrons. The smallest absolute Gasteiger partial charge is 0.375 e. The highest BCUT2D eigenvalue weighted by atomic mass is 35.5. The van der Waals surface area contributed by atoms with E-state index in [1.807, 2.05) is 0 Å². The number of rotatable bonds is 2. The maximum Gasteiger partial charge on any atom is 0.423 e. The number of nitrogens with one attached hydrogen (secondary N) is 2. The van der Waals surface area contributed by atoms with Crippen LogP contribution in [0.5, 0.6) is 0 Å². The van der Waals surface area contributed by atoms with Gasteiger partial charge in [0, 0.05) is 46.0 Å². The summed E-state index contributed by atoms with van der Waals surface area (Å²) in [5.74, 6) is -2.25. The minimum Gasteiger partial charge on any atom is -0.375 e. The molecule has 3 amide bonds. The first-order valence-electron chi connectivity index (χ1n) is 11.7. The van der Waals surface area contributed by atoms with Gasteiger partial charge in [-0.25, -0.2) is 13.6 Å². The van der Waals surface area contributed by atoms with Gasteiger partial charge >= 0.3 is 12.2 Å². The van der Waals surface area contributed by atoms with Crippen LogP contribution in [0.2, 0.25) is 5.02 Å². The zero-order valence-corrected chi connectivity index (χ0v) is 21.0. The Labute approximate surface area is 226 Å². The molecule has 2 aliphatic rings. The predicted octanol–water partition coefficient (Wildman–Crippen LogP) is 5.14. The van der Waals surface area contributed by atoms with Crippen LogP contribution in [0.25, 0.3) is 10.9 Å². The third-order valence-electron chi connectivity index (χ3n) is 7.05. The fourth-order valence-corrected chi connectivity index (χ4v) is 5.49. The number of halogens is 6. The molecule has 4 aromatic rings. The van der Waals surface area contributed by atoms with Gasteiger partial charge in [-0.2, -0.15) is 18.3 Å². The van der Waals surface area contributed by atoms with E-state index in [1.165, 1.54) is 16.8 Å². The zero-order valence-electron chi connectivity index (χ0n) is 20.3. The lowest BCUT2D eigenvalue weighted by Crippen LogP contribution is -2.48. The molecule has 6 rings (SSSR count). The topological polar surface area (TPSA) is 99.5 Å². The van der Waals surface area contributed by atoms with E-state index in [-0.39, 0.29) is 38.6 Å². The normalized spacial score (nSPS) is 20.1. The minimum absolute atomic E-state index is 0.00953. The summed E-state index contributed by atoms with van der Waals surface area (Å²) >= 11 is 6.32. The largest absolute Gasteiger partial charge is 0.423 e. The maximum atomic E-state index is 14.2. The molecule has 0 radical (unpaired) electrons. The van der Waals surface area contributed by atoms with E-state index in [0.717, 1.165) is 24.3 Å². The Morgan fingerprint density at radius 2 is 1.88 bits per heavy atom. The summed E-state index contributed by atoms with van der Waals surface area (Å²) in [6.45, 7) is -1.24. The quantitative estimate of drug-likeness (QED) is 0.287. The van der Waals surface area contributed by atoms with E-state index in [9.17, 15) is 36.6 Å². The summed E-state index contributed by atoms with van der Waals surface area (Å²) in [7, 11) is 1.61. The summed E-state index contributed by atoms with van der Waals surface area (Å²) in [5.41, 5.74) is -4.00. The fourth-order valence-electron chi connectivity index (χ4n) is 5.26. The molecule has 2 atom stereocenters. The highest BCUT2D eigenvalue weighted by Crippen LogP contribution is 2.49. The summed E-state index contributed by atoms with van der Waals surface area (Å²) in [6, 6.07) is 5.23. The standard InChI is InChI=1S/C26H17ClF5N5O3/c1-36-9-11-6-17(19-20(21(11)35-36)23(38)34-22(19)14-7-12(28)2-4-16(14)27)33-24(39)37-10-25(40,26(30,31)32)15-8-13(29)3-5-18(15)37/h2-9,22,40H,10H2,1H3,(H,33,39)(H,34,38)/t22-,25-/m0/s1. The Morgan fingerprint density at radius 1 is 1.18 bits per heavy atom. The molecule has 14 heteroatoms. The SMILES string of the molecule is Cn1cc2cc(NC(=O)N3C[C@@](O)(C(F)(F)F)c4cc(F)ccc43)c3c(c2n1)C(=O)N[C@H]3c1cc(F)ccc1Cl. The number of alkyl halides is 3. The van der Waals surface area contributed by atoms with Crippen molar-refractivity contribution < 1.29 is 36.6 Å². The predicted molar refractivity (Wildman–Crippen MR) is 134 cm³/mol. The number of aromatic nitrogens is 2. The Hall–Kier alpha value is -4.23. The van der Waals surface area contributed by atoms with Gasteiger partial charge in [-0.3, -0.25) is 14.4 Å². The van der Waals surface area contributed by atoms with Crippen LogP contribution in [0.3, 0.4) is 0 Å². The summed E-state index contributed by atoms with van der Waals surface area (Å²) < 4.78 is 71.2. The first-order chi connectivity index (χ1) is 18.8. The van der Waals surface area contributed by atoms with Gasteiger partial charge in [-0.05, 0) is 42.5 Å². The number of carbonyl (C=O) groups excluding carboxylic acids is 2. The number of β-amino-alcohol motifs (C(OH)–C–C–N with tert-alkyl or cyclic N) is 1. The molecule has 0 aliphatic carbocycles. The van der Waals surface area contributed by atoms with Crippen molar-refractivity contribution in [3.8, 4) is 0 Å². The Morgan fingerprint density at radius 3 is 2.60 bits per heavy atom. The van der Waals surface area contributed by atoms with Crippen molar-refractivity contribution in [2.75, 3.05) is 16.8 Å². The molecule has 40 heavy (non-hydrogen) atoms. The second-order valence-corrected chi connectivity index (χ2v) is 9.97. The monoisotopic (exact) mass is 577 g/mol. The van der Waals surface area contributed by atoms with Crippen molar-refractivity contribution in [1.82, 2.24) is 15.1 Å². The van der Waals surface area contributed by atoms with Crippen molar-refractivity contribution in [3.63, 3.8) is 0 Å². The number of aryl methyl sites for hydroxylation is 1. The van der Waals surface area contributed by atoms with Gasteiger partial charge in [0.05, 0.1) is 23.8 Å². The molecule has 3 heterocycles. The molecule has 0 saturated heterocycles. The van der Waals surface area contributed by atoms with E-state index in [0.29, 0.717) is 16.4 Å². The number of urea groups is 1. The van der Waals surface area contributed by atoms with Crippen LogP contribution < -0.4 is 15.5 Å². The summed E-state index contributed by atoms with van der Waals surface area (Å²) in [5, 5.41) is 20.6. The second kappa shape index (κ2) is 8.63. The van der Waals surface area contributed by atoms with Gasteiger partial charge < -0.3 is 15.7 Å². The van der Waals surface area contributed by atoms with Crippen molar-refractivity contribution in [2.24, 2.45) is 7.05 Å². The molecular weight excluding hydrogens is 561 g/mol. The first kappa shape index (κ1) is 26.0. The lowest BCUT2D eigenvalue weighted by molar-refractivity contribution is -0.258. The van der Waals surface area contributed by atoms with Crippen LogP contribution in [-0.4, -0.2) is 39.5 Å². The molecule has 8 nitrogen and oxygen atoms in total. The molecule has 3 N–H and O–H groups in total. The third-order valence-corrected chi connectivity index (χ3v) is 7.40. The maximum absolute atomic E-state index is 14.2. The molecule has 0 saturated carbocycles. The minimum atomic E-state index is -5.23. The van der Waals surface area contributed by atoms with Crippen LogP contribution in [0.4, 0.5) is 38.1 Å². The number of amides is 3. The van der Waals surface area contributed by atoms with Gasteiger partial charge in [-0.15, -0.1) is 0 Å². The highest BCUT2D eigenvalue weighted by molar-refractivity contribution is 6.31. The van der Waals surface area contributed by atoms with Crippen molar-refractivity contribution >= 4 is 45.8 Å². The third kappa shape index (κ3) is 3.79. The number of hydrogen-bond acceptors (Lipinski definition) is 4. The van der Waals surface area contributed by atoms with Gasteiger partial charge in [-0.1, -0.05) is 11.6 Å². The van der Waals surface area contributed by atoms with Gasteiger partial charge in [0.1, 0.15) is 17.2 Å². The number of carbonyl (C=O) groups is 2. The number of nitrogens with zero attached hydrogens (tertiary/aromatic N) is 3. The van der Waals surface area contributed by atoms with Crippen LogP contribution in [-0.2, 0) is 12.6 Å². The lowest BCUT2D eigenvalue weighted by atomic mass is 9.94. The van der Waals surface area contributed by atoms with E-state index >= 15 is 0 Å². The van der Waals surface area contributed by atoms with Crippen LogP contribution in [0.1, 0.15) is 33.1 Å². The molecule has 0 unspecified atom stereocenters. The number of anilines is 2. The molecule has 2 aliphatic heterocycles. The first-order valence-corrected chi connectivity index (χ1v) is 12.1.